The zero-order chi connectivity index (χ0) is 13.1. The Morgan fingerprint density at radius 2 is 1.94 bits per heavy atom. The van der Waals surface area contributed by atoms with Gasteiger partial charge in [0.15, 0.2) is 0 Å². The second-order valence-electron chi connectivity index (χ2n) is 6.08. The first-order chi connectivity index (χ1) is 7.77. The molecule has 1 heterocycles. The van der Waals surface area contributed by atoms with Gasteiger partial charge in [-0.3, -0.25) is 4.79 Å². The quantitative estimate of drug-likeness (QED) is 0.757. The van der Waals surface area contributed by atoms with Crippen molar-refractivity contribution in [3.63, 3.8) is 0 Å². The summed E-state index contributed by atoms with van der Waals surface area (Å²) in [7, 11) is 0. The van der Waals surface area contributed by atoms with Gasteiger partial charge in [0.2, 0.25) is 0 Å². The molecular weight excluding hydrogens is 216 g/mol. The zero-order valence-corrected chi connectivity index (χ0v) is 11.6. The first-order valence-corrected chi connectivity index (χ1v) is 6.45. The van der Waals surface area contributed by atoms with Crippen molar-refractivity contribution in [1.82, 2.24) is 4.90 Å². The molecule has 4 nitrogen and oxygen atoms in total. The van der Waals surface area contributed by atoms with E-state index in [-0.39, 0.29) is 5.97 Å². The van der Waals surface area contributed by atoms with Gasteiger partial charge in [-0.25, -0.2) is 0 Å². The average Bonchev–Trinajstić information content (AvgIpc) is 2.21. The summed E-state index contributed by atoms with van der Waals surface area (Å²) in [5.74, 6) is -0.301. The van der Waals surface area contributed by atoms with Crippen LogP contribution in [0, 0.1) is 5.41 Å². The highest BCUT2D eigenvalue weighted by Gasteiger charge is 2.34. The van der Waals surface area contributed by atoms with Crippen molar-refractivity contribution in [3.05, 3.63) is 0 Å². The van der Waals surface area contributed by atoms with E-state index in [9.17, 15) is 4.79 Å². The molecule has 1 fully saturated rings. The molecule has 0 aliphatic carbocycles. The molecule has 2 N–H and O–H groups in total. The molecule has 1 aliphatic heterocycles. The maximum absolute atomic E-state index is 11.7. The van der Waals surface area contributed by atoms with Crippen LogP contribution in [0.2, 0.25) is 0 Å². The molecule has 1 aliphatic rings. The molecule has 0 saturated carbocycles. The highest BCUT2D eigenvalue weighted by atomic mass is 16.5. The maximum Gasteiger partial charge on any atom is 0.327 e. The van der Waals surface area contributed by atoms with Crippen LogP contribution < -0.4 is 5.73 Å². The number of esters is 1. The molecule has 1 rings (SSSR count). The van der Waals surface area contributed by atoms with E-state index in [4.69, 9.17) is 10.5 Å². The summed E-state index contributed by atoms with van der Waals surface area (Å²) in [5, 5.41) is 0. The van der Waals surface area contributed by atoms with E-state index in [0.29, 0.717) is 18.6 Å². The second-order valence-corrected chi connectivity index (χ2v) is 6.08. The number of ether oxygens (including phenoxy) is 1. The predicted molar refractivity (Wildman–Crippen MR) is 68.7 cm³/mol. The minimum atomic E-state index is -0.891. The summed E-state index contributed by atoms with van der Waals surface area (Å²) in [4.78, 5) is 14.0. The van der Waals surface area contributed by atoms with Gasteiger partial charge in [0, 0.05) is 6.54 Å². The average molecular weight is 242 g/mol. The first-order valence-electron chi connectivity index (χ1n) is 6.45. The van der Waals surface area contributed by atoms with Crippen LogP contribution >= 0.6 is 0 Å². The van der Waals surface area contributed by atoms with Crippen molar-refractivity contribution in [2.24, 2.45) is 11.1 Å². The van der Waals surface area contributed by atoms with E-state index < -0.39 is 5.54 Å². The number of carbonyl (C=O) groups is 1. The molecule has 17 heavy (non-hydrogen) atoms. The molecule has 4 heteroatoms. The largest absolute Gasteiger partial charge is 0.465 e. The lowest BCUT2D eigenvalue weighted by molar-refractivity contribution is -0.149. The van der Waals surface area contributed by atoms with Gasteiger partial charge >= 0.3 is 5.97 Å². The van der Waals surface area contributed by atoms with E-state index in [0.717, 1.165) is 25.9 Å². The predicted octanol–water partition coefficient (Wildman–Crippen LogP) is 1.39. The topological polar surface area (TPSA) is 55.6 Å². The van der Waals surface area contributed by atoms with Crippen LogP contribution in [0.1, 0.15) is 40.5 Å². The molecule has 0 aromatic carbocycles. The summed E-state index contributed by atoms with van der Waals surface area (Å²) in [6, 6.07) is 0. The number of hydrogen-bond acceptors (Lipinski definition) is 4. The summed E-state index contributed by atoms with van der Waals surface area (Å²) in [5.41, 5.74) is 5.56. The van der Waals surface area contributed by atoms with Gasteiger partial charge in [0.25, 0.3) is 0 Å². The van der Waals surface area contributed by atoms with Gasteiger partial charge < -0.3 is 15.4 Å². The molecule has 0 amide bonds. The fraction of sp³-hybridized carbons (Fsp3) is 0.923. The van der Waals surface area contributed by atoms with Crippen LogP contribution in [0.15, 0.2) is 0 Å². The van der Waals surface area contributed by atoms with Crippen LogP contribution in [-0.4, -0.2) is 42.6 Å². The van der Waals surface area contributed by atoms with Crippen LogP contribution in [0.3, 0.4) is 0 Å². The summed E-state index contributed by atoms with van der Waals surface area (Å²) >= 11 is 0. The van der Waals surface area contributed by atoms with Crippen LogP contribution in [0.5, 0.6) is 0 Å². The molecule has 0 aromatic heterocycles. The fourth-order valence-corrected chi connectivity index (χ4v) is 2.14. The smallest absolute Gasteiger partial charge is 0.327 e. The lowest BCUT2D eigenvalue weighted by atomic mass is 9.82. The Morgan fingerprint density at radius 1 is 1.41 bits per heavy atom. The number of piperidine rings is 1. The van der Waals surface area contributed by atoms with E-state index in [1.54, 1.807) is 13.8 Å². The first kappa shape index (κ1) is 14.5. The van der Waals surface area contributed by atoms with Crippen molar-refractivity contribution in [3.8, 4) is 0 Å². The van der Waals surface area contributed by atoms with Gasteiger partial charge in [-0.15, -0.1) is 0 Å². The van der Waals surface area contributed by atoms with E-state index in [1.807, 2.05) is 0 Å². The molecule has 1 unspecified atom stereocenters. The normalized spacial score (nSPS) is 24.1. The van der Waals surface area contributed by atoms with Gasteiger partial charge in [0.05, 0.1) is 6.61 Å². The summed E-state index contributed by atoms with van der Waals surface area (Å²) in [6.45, 7) is 11.1. The second kappa shape index (κ2) is 5.36. The molecule has 0 spiro atoms. The third-order valence-corrected chi connectivity index (χ3v) is 3.50. The Bertz CT molecular complexity index is 265. The SMILES string of the molecule is CCOC(=O)C(C)(N)CN1CCC(C)(C)CC1. The Balaban J connectivity index is 2.46. The van der Waals surface area contributed by atoms with Crippen molar-refractivity contribution >= 4 is 5.97 Å². The van der Waals surface area contributed by atoms with E-state index in [1.165, 1.54) is 0 Å². The Labute approximate surface area is 104 Å². The Hall–Kier alpha value is -0.610. The minimum Gasteiger partial charge on any atom is -0.465 e. The summed E-state index contributed by atoms with van der Waals surface area (Å²) < 4.78 is 5.00. The minimum absolute atomic E-state index is 0.301. The number of nitrogens with two attached hydrogens (primary N) is 1. The highest BCUT2D eigenvalue weighted by molar-refractivity contribution is 5.80. The monoisotopic (exact) mass is 242 g/mol. The molecular formula is C13H26N2O2. The number of likely N-dealkylation sites (tertiary alicyclic amines) is 1. The highest BCUT2D eigenvalue weighted by Crippen LogP contribution is 2.30. The van der Waals surface area contributed by atoms with Crippen molar-refractivity contribution < 1.29 is 9.53 Å². The summed E-state index contributed by atoms with van der Waals surface area (Å²) in [6.07, 6.45) is 2.32. The molecule has 0 aromatic rings. The molecule has 1 saturated heterocycles. The van der Waals surface area contributed by atoms with Crippen LogP contribution in [-0.2, 0) is 9.53 Å². The Kier molecular flexibility index (Phi) is 4.55. The lowest BCUT2D eigenvalue weighted by Crippen LogP contribution is -2.56. The number of carbonyl (C=O) groups excluding carboxylic acids is 1. The zero-order valence-electron chi connectivity index (χ0n) is 11.6. The van der Waals surface area contributed by atoms with Crippen molar-refractivity contribution in [1.29, 1.82) is 0 Å². The van der Waals surface area contributed by atoms with Crippen molar-refractivity contribution in [2.75, 3.05) is 26.2 Å². The number of hydrogen-bond donors (Lipinski definition) is 1. The van der Waals surface area contributed by atoms with Crippen LogP contribution in [0.25, 0.3) is 0 Å². The van der Waals surface area contributed by atoms with Gasteiger partial charge in [-0.05, 0) is 45.2 Å². The maximum atomic E-state index is 11.7. The van der Waals surface area contributed by atoms with Crippen LogP contribution in [0.4, 0.5) is 0 Å². The van der Waals surface area contributed by atoms with Gasteiger partial charge in [-0.1, -0.05) is 13.8 Å². The number of nitrogens with zero attached hydrogens (tertiary/aromatic N) is 1. The van der Waals surface area contributed by atoms with Crippen molar-refractivity contribution in [2.45, 2.75) is 46.1 Å². The molecule has 0 radical (unpaired) electrons. The molecule has 1 atom stereocenters. The Morgan fingerprint density at radius 3 is 2.41 bits per heavy atom. The number of rotatable bonds is 4. The molecule has 0 bridgehead atoms. The fourth-order valence-electron chi connectivity index (χ4n) is 2.14. The standard InChI is InChI=1S/C13H26N2O2/c1-5-17-11(16)13(4,14)10-15-8-6-12(2,3)7-9-15/h5-10,14H2,1-4H3. The van der Waals surface area contributed by atoms with E-state index >= 15 is 0 Å². The van der Waals surface area contributed by atoms with Gasteiger partial charge in [0.1, 0.15) is 5.54 Å². The lowest BCUT2D eigenvalue weighted by Gasteiger charge is -2.39. The van der Waals surface area contributed by atoms with E-state index in [2.05, 4.69) is 18.7 Å². The third-order valence-electron chi connectivity index (χ3n) is 3.50. The third kappa shape index (κ3) is 4.28. The van der Waals surface area contributed by atoms with Gasteiger partial charge in [-0.2, -0.15) is 0 Å². The molecule has 100 valence electrons.